The number of aryl methyl sites for hydroxylation is 2. The minimum Gasteiger partial charge on any atom is -0.347 e. The third-order valence-corrected chi connectivity index (χ3v) is 2.11. The molecular weight excluding hydrogens is 190 g/mol. The zero-order chi connectivity index (χ0) is 10.7. The second kappa shape index (κ2) is 4.08. The molecule has 0 radical (unpaired) electrons. The second-order valence-electron chi connectivity index (χ2n) is 3.39. The Balaban J connectivity index is 1.99. The van der Waals surface area contributed by atoms with Crippen molar-refractivity contribution in [2.45, 2.75) is 13.5 Å². The largest absolute Gasteiger partial charge is 0.347 e. The van der Waals surface area contributed by atoms with E-state index in [4.69, 9.17) is 0 Å². The monoisotopic (exact) mass is 203 g/mol. The van der Waals surface area contributed by atoms with Gasteiger partial charge < -0.3 is 9.88 Å². The van der Waals surface area contributed by atoms with E-state index in [2.05, 4.69) is 20.3 Å². The molecule has 0 saturated carbocycles. The minimum atomic E-state index is 0.628. The van der Waals surface area contributed by atoms with Crippen LogP contribution < -0.4 is 5.32 Å². The molecule has 2 aromatic rings. The van der Waals surface area contributed by atoms with Gasteiger partial charge in [-0.15, -0.1) is 0 Å². The van der Waals surface area contributed by atoms with Crippen LogP contribution in [0.25, 0.3) is 0 Å². The first-order valence-corrected chi connectivity index (χ1v) is 4.74. The predicted octanol–water partition coefficient (Wildman–Crippen LogP) is 1.13. The van der Waals surface area contributed by atoms with Gasteiger partial charge in [0.25, 0.3) is 0 Å². The number of nitrogens with one attached hydrogen (secondary N) is 1. The van der Waals surface area contributed by atoms with Crippen LogP contribution in [-0.4, -0.2) is 19.5 Å². The molecule has 0 unspecified atom stereocenters. The summed E-state index contributed by atoms with van der Waals surface area (Å²) in [6, 6.07) is 0. The lowest BCUT2D eigenvalue weighted by Gasteiger charge is -2.04. The van der Waals surface area contributed by atoms with E-state index in [1.165, 1.54) is 0 Å². The molecule has 0 amide bonds. The SMILES string of the molecule is Cc1cnc(NCc2nccn2C)nc1. The summed E-state index contributed by atoms with van der Waals surface area (Å²) in [5.41, 5.74) is 1.05. The molecule has 5 nitrogen and oxygen atoms in total. The van der Waals surface area contributed by atoms with Crippen LogP contribution in [0.15, 0.2) is 24.8 Å². The maximum Gasteiger partial charge on any atom is 0.222 e. The lowest BCUT2D eigenvalue weighted by atomic mass is 10.4. The smallest absolute Gasteiger partial charge is 0.222 e. The summed E-state index contributed by atoms with van der Waals surface area (Å²) in [5, 5.41) is 3.11. The molecule has 0 fully saturated rings. The second-order valence-corrected chi connectivity index (χ2v) is 3.39. The average Bonchev–Trinajstić information content (AvgIpc) is 2.63. The van der Waals surface area contributed by atoms with Crippen molar-refractivity contribution in [1.82, 2.24) is 19.5 Å². The van der Waals surface area contributed by atoms with E-state index < -0.39 is 0 Å². The Hall–Kier alpha value is -1.91. The van der Waals surface area contributed by atoms with Crippen molar-refractivity contribution in [2.75, 3.05) is 5.32 Å². The topological polar surface area (TPSA) is 55.6 Å². The Morgan fingerprint density at radius 3 is 2.60 bits per heavy atom. The molecule has 0 saturated heterocycles. The van der Waals surface area contributed by atoms with E-state index in [1.807, 2.05) is 24.7 Å². The fraction of sp³-hybridized carbons (Fsp3) is 0.300. The molecule has 0 aliphatic rings. The molecule has 2 rings (SSSR count). The number of nitrogens with zero attached hydrogens (tertiary/aromatic N) is 4. The molecule has 15 heavy (non-hydrogen) atoms. The van der Waals surface area contributed by atoms with E-state index >= 15 is 0 Å². The van der Waals surface area contributed by atoms with Gasteiger partial charge in [0.15, 0.2) is 0 Å². The minimum absolute atomic E-state index is 0.628. The van der Waals surface area contributed by atoms with Gasteiger partial charge in [-0.1, -0.05) is 0 Å². The van der Waals surface area contributed by atoms with Crippen molar-refractivity contribution in [1.29, 1.82) is 0 Å². The first-order valence-electron chi connectivity index (χ1n) is 4.74. The summed E-state index contributed by atoms with van der Waals surface area (Å²) < 4.78 is 1.96. The summed E-state index contributed by atoms with van der Waals surface area (Å²) in [6.45, 7) is 2.59. The molecule has 2 aromatic heterocycles. The lowest BCUT2D eigenvalue weighted by molar-refractivity contribution is 0.807. The maximum absolute atomic E-state index is 4.19. The summed E-state index contributed by atoms with van der Waals surface area (Å²) in [5.74, 6) is 1.59. The van der Waals surface area contributed by atoms with Gasteiger partial charge in [-0.25, -0.2) is 15.0 Å². The third-order valence-electron chi connectivity index (χ3n) is 2.11. The Kier molecular flexibility index (Phi) is 2.62. The van der Waals surface area contributed by atoms with Gasteiger partial charge in [-0.05, 0) is 12.5 Å². The zero-order valence-electron chi connectivity index (χ0n) is 8.81. The standard InChI is InChI=1S/C10H13N5/c1-8-5-12-10(13-6-8)14-7-9-11-3-4-15(9)2/h3-6H,7H2,1-2H3,(H,12,13,14). The zero-order valence-corrected chi connectivity index (χ0v) is 8.81. The molecule has 0 atom stereocenters. The number of hydrogen-bond acceptors (Lipinski definition) is 4. The fourth-order valence-corrected chi connectivity index (χ4v) is 1.21. The molecule has 78 valence electrons. The molecule has 1 N–H and O–H groups in total. The van der Waals surface area contributed by atoms with Crippen molar-refractivity contribution < 1.29 is 0 Å². The van der Waals surface area contributed by atoms with Gasteiger partial charge in [0, 0.05) is 31.8 Å². The van der Waals surface area contributed by atoms with Crippen LogP contribution in [0.4, 0.5) is 5.95 Å². The molecular formula is C10H13N5. The predicted molar refractivity (Wildman–Crippen MR) is 57.3 cm³/mol. The van der Waals surface area contributed by atoms with Crippen LogP contribution in [0, 0.1) is 6.92 Å². The summed E-state index contributed by atoms with van der Waals surface area (Å²) in [7, 11) is 1.96. The Labute approximate surface area is 88.2 Å². The van der Waals surface area contributed by atoms with E-state index in [1.54, 1.807) is 18.6 Å². The van der Waals surface area contributed by atoms with Crippen LogP contribution in [0.2, 0.25) is 0 Å². The Morgan fingerprint density at radius 1 is 1.27 bits per heavy atom. The van der Waals surface area contributed by atoms with Crippen LogP contribution in [-0.2, 0) is 13.6 Å². The molecule has 0 aliphatic heterocycles. The number of imidazole rings is 1. The highest BCUT2D eigenvalue weighted by Crippen LogP contribution is 2.01. The van der Waals surface area contributed by atoms with Crippen molar-refractivity contribution >= 4 is 5.95 Å². The number of hydrogen-bond donors (Lipinski definition) is 1. The fourth-order valence-electron chi connectivity index (χ4n) is 1.21. The third kappa shape index (κ3) is 2.31. The van der Waals surface area contributed by atoms with E-state index in [-0.39, 0.29) is 0 Å². The lowest BCUT2D eigenvalue weighted by Crippen LogP contribution is -2.07. The van der Waals surface area contributed by atoms with Crippen molar-refractivity contribution in [2.24, 2.45) is 7.05 Å². The molecule has 5 heteroatoms. The molecule has 0 bridgehead atoms. The summed E-state index contributed by atoms with van der Waals surface area (Å²) in [6.07, 6.45) is 7.25. The molecule has 0 spiro atoms. The Morgan fingerprint density at radius 2 is 2.00 bits per heavy atom. The Bertz CT molecular complexity index is 431. The molecule has 2 heterocycles. The van der Waals surface area contributed by atoms with Crippen molar-refractivity contribution in [3.05, 3.63) is 36.2 Å². The quantitative estimate of drug-likeness (QED) is 0.812. The number of anilines is 1. The van der Waals surface area contributed by atoms with Gasteiger partial charge in [0.1, 0.15) is 5.82 Å². The van der Waals surface area contributed by atoms with Gasteiger partial charge in [-0.3, -0.25) is 0 Å². The molecule has 0 aromatic carbocycles. The van der Waals surface area contributed by atoms with E-state index in [0.717, 1.165) is 11.4 Å². The average molecular weight is 203 g/mol. The van der Waals surface area contributed by atoms with Crippen LogP contribution in [0.1, 0.15) is 11.4 Å². The van der Waals surface area contributed by atoms with Crippen LogP contribution >= 0.6 is 0 Å². The highest BCUT2D eigenvalue weighted by molar-refractivity contribution is 5.24. The summed E-state index contributed by atoms with van der Waals surface area (Å²) in [4.78, 5) is 12.5. The van der Waals surface area contributed by atoms with E-state index in [9.17, 15) is 0 Å². The number of aromatic nitrogens is 4. The molecule has 0 aliphatic carbocycles. The normalized spacial score (nSPS) is 10.3. The number of rotatable bonds is 3. The van der Waals surface area contributed by atoms with Crippen LogP contribution in [0.5, 0.6) is 0 Å². The van der Waals surface area contributed by atoms with Crippen molar-refractivity contribution in [3.63, 3.8) is 0 Å². The highest BCUT2D eigenvalue weighted by atomic mass is 15.1. The van der Waals surface area contributed by atoms with Gasteiger partial charge in [0.05, 0.1) is 6.54 Å². The van der Waals surface area contributed by atoms with Gasteiger partial charge in [-0.2, -0.15) is 0 Å². The van der Waals surface area contributed by atoms with Gasteiger partial charge >= 0.3 is 0 Å². The van der Waals surface area contributed by atoms with Crippen molar-refractivity contribution in [3.8, 4) is 0 Å². The highest BCUT2D eigenvalue weighted by Gasteiger charge is 1.99. The maximum atomic E-state index is 4.19. The van der Waals surface area contributed by atoms with Crippen LogP contribution in [0.3, 0.4) is 0 Å². The first kappa shape index (κ1) is 9.64. The van der Waals surface area contributed by atoms with Gasteiger partial charge in [0.2, 0.25) is 5.95 Å². The van der Waals surface area contributed by atoms with E-state index in [0.29, 0.717) is 12.5 Å². The summed E-state index contributed by atoms with van der Waals surface area (Å²) >= 11 is 0. The first-order chi connectivity index (χ1) is 7.25.